The van der Waals surface area contributed by atoms with E-state index in [0.717, 1.165) is 44.0 Å². The number of nitrogens with one attached hydrogen (secondary N) is 1. The van der Waals surface area contributed by atoms with Gasteiger partial charge >= 0.3 is 0 Å². The van der Waals surface area contributed by atoms with E-state index < -0.39 is 6.17 Å². The lowest BCUT2D eigenvalue weighted by Crippen LogP contribution is -2.24. The third-order valence-corrected chi connectivity index (χ3v) is 11.6. The summed E-state index contributed by atoms with van der Waals surface area (Å²) in [4.78, 5) is 0. The summed E-state index contributed by atoms with van der Waals surface area (Å²) >= 11 is 0. The second-order valence-corrected chi connectivity index (χ2v) is 14.2. The predicted octanol–water partition coefficient (Wildman–Crippen LogP) is 11.6. The molecule has 0 saturated heterocycles. The van der Waals surface area contributed by atoms with E-state index in [1.807, 2.05) is 12.1 Å². The molecule has 5 heteroatoms. The lowest BCUT2D eigenvalue weighted by molar-refractivity contribution is 0.650. The number of hydrogen-bond acceptors (Lipinski definition) is 2. The van der Waals surface area contributed by atoms with Gasteiger partial charge in [0.1, 0.15) is 12.0 Å². The summed E-state index contributed by atoms with van der Waals surface area (Å²) in [5, 5.41) is 22.1. The van der Waals surface area contributed by atoms with Gasteiger partial charge in [0.05, 0.1) is 38.6 Å². The third-order valence-electron chi connectivity index (χ3n) is 11.6. The van der Waals surface area contributed by atoms with Crippen LogP contribution in [0.4, 0.5) is 0 Å². The highest BCUT2D eigenvalue weighted by Crippen LogP contribution is 2.47. The highest BCUT2D eigenvalue weighted by atomic mass is 15.1. The van der Waals surface area contributed by atoms with Crippen LogP contribution < -0.4 is 5.73 Å². The standard InChI is InChI=1S/C48H31N5/c49-47(51-39-21-9-5-15-30(39)31-16-6-10-22-40(31)51)34-19-3-4-20-35(34)48(50)53-42-24-12-8-18-33(42)38-27-37-32-17-7-11-23-41(32)52-44-29-14-2-1-13-28(29)25-26-36(44)43(45(37)52)46(38)53/h1-27,47,50H,49H2/t47-/m1/s1. The largest absolute Gasteiger partial charge is 0.320 e. The van der Waals surface area contributed by atoms with Crippen molar-refractivity contribution in [2.75, 3.05) is 0 Å². The second-order valence-electron chi connectivity index (χ2n) is 14.2. The smallest absolute Gasteiger partial charge is 0.137 e. The van der Waals surface area contributed by atoms with Crippen molar-refractivity contribution in [1.82, 2.24) is 13.5 Å². The van der Waals surface area contributed by atoms with Gasteiger partial charge < -0.3 is 14.7 Å². The van der Waals surface area contributed by atoms with Gasteiger partial charge in [0.25, 0.3) is 0 Å². The Balaban J connectivity index is 1.20. The lowest BCUT2D eigenvalue weighted by Gasteiger charge is -2.22. The Morgan fingerprint density at radius 2 is 0.981 bits per heavy atom. The van der Waals surface area contributed by atoms with Crippen molar-refractivity contribution in [3.8, 4) is 0 Å². The molecule has 0 amide bonds. The average molecular weight is 678 g/mol. The molecule has 0 aliphatic rings. The maximum atomic E-state index is 10.2. The van der Waals surface area contributed by atoms with E-state index >= 15 is 0 Å². The van der Waals surface area contributed by atoms with Crippen molar-refractivity contribution in [3.63, 3.8) is 0 Å². The van der Waals surface area contributed by atoms with Gasteiger partial charge in [-0.3, -0.25) is 9.98 Å². The molecule has 4 aromatic heterocycles. The molecular formula is C48H31N5. The summed E-state index contributed by atoms with van der Waals surface area (Å²) in [5.41, 5.74) is 16.8. The zero-order valence-corrected chi connectivity index (χ0v) is 28.6. The summed E-state index contributed by atoms with van der Waals surface area (Å²) in [6, 6.07) is 58.0. The summed E-state index contributed by atoms with van der Waals surface area (Å²) < 4.78 is 6.88. The summed E-state index contributed by atoms with van der Waals surface area (Å²) in [6.45, 7) is 0. The van der Waals surface area contributed by atoms with Gasteiger partial charge in [0.2, 0.25) is 0 Å². The van der Waals surface area contributed by atoms with Crippen LogP contribution in [0.1, 0.15) is 17.3 Å². The quantitative estimate of drug-likeness (QED) is 0.142. The van der Waals surface area contributed by atoms with Gasteiger partial charge in [-0.1, -0.05) is 133 Å². The van der Waals surface area contributed by atoms with E-state index in [0.29, 0.717) is 5.84 Å². The van der Waals surface area contributed by atoms with Crippen LogP contribution in [0.2, 0.25) is 0 Å². The Morgan fingerprint density at radius 3 is 1.70 bits per heavy atom. The number of aromatic nitrogens is 3. The number of nitrogens with zero attached hydrogens (tertiary/aromatic N) is 3. The SMILES string of the molecule is N=C(c1ccccc1[C@H](N)n1c2ccccc2c2ccccc21)n1c2ccccc2c2cc3c4ccccc4n4c5c6ccccc6ccc5c(c21)c34. The van der Waals surface area contributed by atoms with E-state index in [9.17, 15) is 5.41 Å². The number of hydrogen-bond donors (Lipinski definition) is 2. The number of rotatable bonds is 3. The van der Waals surface area contributed by atoms with Crippen LogP contribution in [0, 0.1) is 5.41 Å². The van der Waals surface area contributed by atoms with Crippen molar-refractivity contribution in [3.05, 3.63) is 175 Å². The molecule has 53 heavy (non-hydrogen) atoms. The van der Waals surface area contributed by atoms with Crippen molar-refractivity contribution in [2.45, 2.75) is 6.17 Å². The minimum absolute atomic E-state index is 0.399. The molecule has 1 atom stereocenters. The first-order valence-electron chi connectivity index (χ1n) is 18.1. The monoisotopic (exact) mass is 677 g/mol. The fourth-order valence-corrected chi connectivity index (χ4v) is 9.47. The molecule has 8 aromatic carbocycles. The fraction of sp³-hybridized carbons (Fsp3) is 0.0208. The molecule has 12 aromatic rings. The van der Waals surface area contributed by atoms with Crippen LogP contribution in [0.3, 0.4) is 0 Å². The van der Waals surface area contributed by atoms with Crippen LogP contribution in [0.5, 0.6) is 0 Å². The first-order chi connectivity index (χ1) is 26.2. The molecule has 0 radical (unpaired) electrons. The molecule has 0 saturated carbocycles. The van der Waals surface area contributed by atoms with Gasteiger partial charge in [-0.05, 0) is 35.7 Å². The molecule has 4 heterocycles. The molecule has 0 spiro atoms. The van der Waals surface area contributed by atoms with E-state index in [-0.39, 0.29) is 0 Å². The Morgan fingerprint density at radius 1 is 0.453 bits per heavy atom. The summed E-state index contributed by atoms with van der Waals surface area (Å²) in [6.07, 6.45) is -0.527. The van der Waals surface area contributed by atoms with Crippen molar-refractivity contribution < 1.29 is 0 Å². The zero-order chi connectivity index (χ0) is 34.9. The summed E-state index contributed by atoms with van der Waals surface area (Å²) in [7, 11) is 0. The predicted molar refractivity (Wildman–Crippen MR) is 222 cm³/mol. The second kappa shape index (κ2) is 10.3. The van der Waals surface area contributed by atoms with Crippen molar-refractivity contribution in [2.24, 2.45) is 5.73 Å². The van der Waals surface area contributed by atoms with E-state index in [1.165, 1.54) is 59.6 Å². The van der Waals surface area contributed by atoms with E-state index in [1.54, 1.807) is 0 Å². The molecule has 3 N–H and O–H groups in total. The maximum absolute atomic E-state index is 10.2. The van der Waals surface area contributed by atoms with Gasteiger partial charge in [0, 0.05) is 59.6 Å². The molecule has 0 aliphatic carbocycles. The number of benzene rings is 8. The number of nitrogens with two attached hydrogens (primary N) is 1. The molecule has 0 fully saturated rings. The molecule has 0 bridgehead atoms. The van der Waals surface area contributed by atoms with Crippen LogP contribution in [-0.2, 0) is 0 Å². The van der Waals surface area contributed by atoms with Gasteiger partial charge in [0.15, 0.2) is 0 Å². The Bertz CT molecular complexity index is 3450. The topological polar surface area (TPSA) is 64.1 Å². The normalized spacial score (nSPS) is 13.0. The average Bonchev–Trinajstić information content (AvgIpc) is 3.94. The minimum atomic E-state index is -0.527. The van der Waals surface area contributed by atoms with Gasteiger partial charge in [-0.15, -0.1) is 0 Å². The van der Waals surface area contributed by atoms with Crippen molar-refractivity contribution >= 4 is 98.3 Å². The highest BCUT2D eigenvalue weighted by molar-refractivity contribution is 6.37. The molecule has 248 valence electrons. The van der Waals surface area contributed by atoms with Crippen LogP contribution in [0.15, 0.2) is 164 Å². The maximum Gasteiger partial charge on any atom is 0.137 e. The molecule has 5 nitrogen and oxygen atoms in total. The fourth-order valence-electron chi connectivity index (χ4n) is 9.47. The van der Waals surface area contributed by atoms with Gasteiger partial charge in [-0.25, -0.2) is 0 Å². The molecule has 0 aliphatic heterocycles. The van der Waals surface area contributed by atoms with Crippen LogP contribution in [0.25, 0.3) is 92.5 Å². The lowest BCUT2D eigenvalue weighted by atomic mass is 10.0. The van der Waals surface area contributed by atoms with E-state index in [4.69, 9.17) is 5.73 Å². The Kier molecular flexibility index (Phi) is 5.59. The number of para-hydroxylation sites is 4. The highest BCUT2D eigenvalue weighted by Gasteiger charge is 2.27. The van der Waals surface area contributed by atoms with Crippen molar-refractivity contribution in [1.29, 1.82) is 5.41 Å². The van der Waals surface area contributed by atoms with E-state index in [2.05, 4.69) is 165 Å². The Labute approximate surface area is 303 Å². The van der Waals surface area contributed by atoms with Gasteiger partial charge in [-0.2, -0.15) is 0 Å². The molecule has 12 rings (SSSR count). The first kappa shape index (κ1) is 28.7. The molecular weight excluding hydrogens is 647 g/mol. The Hall–Kier alpha value is -6.95. The minimum Gasteiger partial charge on any atom is -0.320 e. The van der Waals surface area contributed by atoms with Crippen LogP contribution >= 0.6 is 0 Å². The third kappa shape index (κ3) is 3.61. The van der Waals surface area contributed by atoms with Crippen LogP contribution in [-0.4, -0.2) is 19.4 Å². The molecule has 0 unspecified atom stereocenters. The summed E-state index contributed by atoms with van der Waals surface area (Å²) in [5.74, 6) is 0.399. The number of fused-ring (bicyclic) bond motifs is 15. The zero-order valence-electron chi connectivity index (χ0n) is 28.6. The first-order valence-corrected chi connectivity index (χ1v) is 18.1.